The SMILES string of the molecule is CC(C)Oc1ccc(Nc2ccnc(N(C)C3CCS(=O)(=O)C3)n2)cc1. The van der Waals surface area contributed by atoms with Crippen LogP contribution in [0.2, 0.25) is 0 Å². The highest BCUT2D eigenvalue weighted by Gasteiger charge is 2.31. The van der Waals surface area contributed by atoms with Crippen LogP contribution in [-0.4, -0.2) is 49.1 Å². The van der Waals surface area contributed by atoms with E-state index in [2.05, 4.69) is 15.3 Å². The molecule has 1 aliphatic rings. The molecule has 2 aromatic rings. The van der Waals surface area contributed by atoms with Crippen LogP contribution in [0.1, 0.15) is 20.3 Å². The van der Waals surface area contributed by atoms with Gasteiger partial charge in [0.2, 0.25) is 5.95 Å². The number of benzene rings is 1. The lowest BCUT2D eigenvalue weighted by Gasteiger charge is -2.23. The van der Waals surface area contributed by atoms with Crippen LogP contribution in [0.4, 0.5) is 17.5 Å². The zero-order valence-electron chi connectivity index (χ0n) is 15.2. The minimum atomic E-state index is -2.94. The van der Waals surface area contributed by atoms with Gasteiger partial charge in [0.1, 0.15) is 11.6 Å². The van der Waals surface area contributed by atoms with Gasteiger partial charge in [0.15, 0.2) is 9.84 Å². The minimum absolute atomic E-state index is 0.0808. The smallest absolute Gasteiger partial charge is 0.227 e. The number of aromatic nitrogens is 2. The number of nitrogens with one attached hydrogen (secondary N) is 1. The summed E-state index contributed by atoms with van der Waals surface area (Å²) in [7, 11) is -1.11. The molecule has 1 aliphatic heterocycles. The number of sulfone groups is 1. The average molecular weight is 376 g/mol. The molecule has 1 aromatic carbocycles. The Morgan fingerprint density at radius 1 is 1.23 bits per heavy atom. The van der Waals surface area contributed by atoms with Crippen molar-refractivity contribution >= 4 is 27.3 Å². The van der Waals surface area contributed by atoms with Crippen molar-refractivity contribution in [3.8, 4) is 5.75 Å². The van der Waals surface area contributed by atoms with Gasteiger partial charge >= 0.3 is 0 Å². The summed E-state index contributed by atoms with van der Waals surface area (Å²) in [5, 5.41) is 3.23. The minimum Gasteiger partial charge on any atom is -0.491 e. The Bertz CT molecular complexity index is 853. The van der Waals surface area contributed by atoms with E-state index in [-0.39, 0.29) is 23.7 Å². The maximum absolute atomic E-state index is 11.7. The fourth-order valence-electron chi connectivity index (χ4n) is 2.87. The average Bonchev–Trinajstić information content (AvgIpc) is 2.96. The highest BCUT2D eigenvalue weighted by molar-refractivity contribution is 7.91. The number of nitrogens with zero attached hydrogens (tertiary/aromatic N) is 3. The molecule has 1 N–H and O–H groups in total. The Hall–Kier alpha value is -2.35. The second-order valence-electron chi connectivity index (χ2n) is 6.73. The summed E-state index contributed by atoms with van der Waals surface area (Å²) in [6, 6.07) is 9.35. The molecular weight excluding hydrogens is 352 g/mol. The van der Waals surface area contributed by atoms with Crippen LogP contribution in [-0.2, 0) is 9.84 Å². The Balaban J connectivity index is 1.69. The van der Waals surface area contributed by atoms with Gasteiger partial charge < -0.3 is 15.0 Å². The first-order valence-electron chi connectivity index (χ1n) is 8.62. The molecule has 3 rings (SSSR count). The van der Waals surface area contributed by atoms with E-state index in [0.717, 1.165) is 11.4 Å². The van der Waals surface area contributed by atoms with Crippen LogP contribution in [0, 0.1) is 0 Å². The van der Waals surface area contributed by atoms with Gasteiger partial charge in [0.05, 0.1) is 17.6 Å². The van der Waals surface area contributed by atoms with E-state index < -0.39 is 9.84 Å². The van der Waals surface area contributed by atoms with Crippen molar-refractivity contribution in [3.63, 3.8) is 0 Å². The van der Waals surface area contributed by atoms with Crippen LogP contribution in [0.3, 0.4) is 0 Å². The number of ether oxygens (including phenoxy) is 1. The highest BCUT2D eigenvalue weighted by Crippen LogP contribution is 2.23. The molecule has 7 nitrogen and oxygen atoms in total. The van der Waals surface area contributed by atoms with Crippen molar-refractivity contribution in [2.24, 2.45) is 0 Å². The lowest BCUT2D eigenvalue weighted by Crippen LogP contribution is -2.33. The van der Waals surface area contributed by atoms with E-state index in [1.54, 1.807) is 12.3 Å². The van der Waals surface area contributed by atoms with Crippen LogP contribution in [0.5, 0.6) is 5.75 Å². The van der Waals surface area contributed by atoms with Crippen molar-refractivity contribution in [1.29, 1.82) is 0 Å². The predicted molar refractivity (Wildman–Crippen MR) is 103 cm³/mol. The quantitative estimate of drug-likeness (QED) is 0.829. The maximum atomic E-state index is 11.7. The number of hydrogen-bond donors (Lipinski definition) is 1. The molecule has 26 heavy (non-hydrogen) atoms. The Morgan fingerprint density at radius 2 is 1.96 bits per heavy atom. The monoisotopic (exact) mass is 376 g/mol. The number of hydrogen-bond acceptors (Lipinski definition) is 7. The van der Waals surface area contributed by atoms with Crippen LogP contribution in [0.15, 0.2) is 36.5 Å². The van der Waals surface area contributed by atoms with Crippen LogP contribution >= 0.6 is 0 Å². The first-order chi connectivity index (χ1) is 12.3. The molecule has 1 unspecified atom stereocenters. The van der Waals surface area contributed by atoms with E-state index in [4.69, 9.17) is 4.74 Å². The summed E-state index contributed by atoms with van der Waals surface area (Å²) < 4.78 is 29.0. The molecule has 8 heteroatoms. The van der Waals surface area contributed by atoms with Crippen molar-refractivity contribution in [1.82, 2.24) is 9.97 Å². The van der Waals surface area contributed by atoms with Crippen molar-refractivity contribution in [2.45, 2.75) is 32.4 Å². The molecule has 1 saturated heterocycles. The van der Waals surface area contributed by atoms with Crippen LogP contribution in [0.25, 0.3) is 0 Å². The number of anilines is 3. The van der Waals surface area contributed by atoms with Gasteiger partial charge in [0.25, 0.3) is 0 Å². The molecule has 2 heterocycles. The summed E-state index contributed by atoms with van der Waals surface area (Å²) in [5.41, 5.74) is 0.886. The maximum Gasteiger partial charge on any atom is 0.227 e. The Kier molecular flexibility index (Phi) is 5.31. The summed E-state index contributed by atoms with van der Waals surface area (Å²) >= 11 is 0. The molecule has 1 atom stereocenters. The van der Waals surface area contributed by atoms with Gasteiger partial charge in [-0.2, -0.15) is 4.98 Å². The number of rotatable bonds is 6. The second-order valence-corrected chi connectivity index (χ2v) is 8.95. The lowest BCUT2D eigenvalue weighted by molar-refractivity contribution is 0.242. The molecule has 0 spiro atoms. The van der Waals surface area contributed by atoms with E-state index in [9.17, 15) is 8.42 Å². The van der Waals surface area contributed by atoms with E-state index in [0.29, 0.717) is 18.2 Å². The largest absolute Gasteiger partial charge is 0.491 e. The first-order valence-corrected chi connectivity index (χ1v) is 10.4. The van der Waals surface area contributed by atoms with Gasteiger partial charge in [-0.15, -0.1) is 0 Å². The molecule has 0 amide bonds. The summed E-state index contributed by atoms with van der Waals surface area (Å²) in [4.78, 5) is 10.6. The van der Waals surface area contributed by atoms with Gasteiger partial charge in [-0.1, -0.05) is 0 Å². The topological polar surface area (TPSA) is 84.4 Å². The molecule has 0 saturated carbocycles. The lowest BCUT2D eigenvalue weighted by atomic mass is 10.2. The predicted octanol–water partition coefficient (Wildman–Crippen LogP) is 2.63. The third kappa shape index (κ3) is 4.63. The van der Waals surface area contributed by atoms with Crippen molar-refractivity contribution in [2.75, 3.05) is 28.8 Å². The van der Waals surface area contributed by atoms with Crippen LogP contribution < -0.4 is 15.0 Å². The summed E-state index contributed by atoms with van der Waals surface area (Å²) in [5.74, 6) is 2.36. The summed E-state index contributed by atoms with van der Waals surface area (Å²) in [6.07, 6.45) is 2.41. The molecule has 0 radical (unpaired) electrons. The van der Waals surface area contributed by atoms with E-state index >= 15 is 0 Å². The zero-order chi connectivity index (χ0) is 18.7. The van der Waals surface area contributed by atoms with Crippen molar-refractivity contribution < 1.29 is 13.2 Å². The normalized spacial score (nSPS) is 18.7. The van der Waals surface area contributed by atoms with E-state index in [1.807, 2.05) is 50.1 Å². The van der Waals surface area contributed by atoms with Gasteiger partial charge in [-0.25, -0.2) is 13.4 Å². The molecule has 1 fully saturated rings. The first kappa shape index (κ1) is 18.4. The standard InChI is InChI=1S/C18H24N4O3S/c1-13(2)25-16-6-4-14(5-7-16)20-17-8-10-19-18(21-17)22(3)15-9-11-26(23,24)12-15/h4-8,10,13,15H,9,11-12H2,1-3H3,(H,19,20,21). The molecular formula is C18H24N4O3S. The Labute approximate surface area is 154 Å². The van der Waals surface area contributed by atoms with Gasteiger partial charge in [0, 0.05) is 25.0 Å². The van der Waals surface area contributed by atoms with Gasteiger partial charge in [-0.05, 0) is 50.6 Å². The molecule has 140 valence electrons. The van der Waals surface area contributed by atoms with Gasteiger partial charge in [-0.3, -0.25) is 0 Å². The fourth-order valence-corrected chi connectivity index (χ4v) is 4.64. The third-order valence-corrected chi connectivity index (χ3v) is 5.96. The fraction of sp³-hybridized carbons (Fsp3) is 0.444. The highest BCUT2D eigenvalue weighted by atomic mass is 32.2. The molecule has 0 bridgehead atoms. The molecule has 1 aromatic heterocycles. The molecule has 0 aliphatic carbocycles. The summed E-state index contributed by atoms with van der Waals surface area (Å²) in [6.45, 7) is 3.97. The van der Waals surface area contributed by atoms with E-state index in [1.165, 1.54) is 0 Å². The second kappa shape index (κ2) is 7.49. The Morgan fingerprint density at radius 3 is 2.58 bits per heavy atom. The third-order valence-electron chi connectivity index (χ3n) is 4.21. The van der Waals surface area contributed by atoms with Crippen molar-refractivity contribution in [3.05, 3.63) is 36.5 Å². The zero-order valence-corrected chi connectivity index (χ0v) is 16.0.